The molecule has 1 fully saturated rings. The first-order chi connectivity index (χ1) is 15.5. The number of nitrogens with zero attached hydrogens (tertiary/aromatic N) is 4. The van der Waals surface area contributed by atoms with Gasteiger partial charge in [-0.15, -0.1) is 0 Å². The van der Waals surface area contributed by atoms with E-state index in [1.807, 2.05) is 13.8 Å². The Morgan fingerprint density at radius 2 is 1.88 bits per heavy atom. The van der Waals surface area contributed by atoms with Crippen molar-refractivity contribution in [3.05, 3.63) is 83.3 Å². The molecule has 5 rings (SSSR count). The molecule has 2 aromatic heterocycles. The predicted octanol–water partition coefficient (Wildman–Crippen LogP) is 4.28. The Kier molecular flexibility index (Phi) is 4.84. The Morgan fingerprint density at radius 3 is 2.56 bits per heavy atom. The molecule has 0 radical (unpaired) electrons. The number of carbonyl (C=O) groups excluding carboxylic acids is 1. The number of ketones is 1. The minimum Gasteiger partial charge on any atom is -0.515 e. The molecule has 3 atom stereocenters. The van der Waals surface area contributed by atoms with Crippen LogP contribution in [0.1, 0.15) is 42.4 Å². The number of aromatic nitrogens is 4. The van der Waals surface area contributed by atoms with Crippen molar-refractivity contribution in [1.82, 2.24) is 19.9 Å². The SMILES string of the molecule is Cc1nc(-c2cncnc2)c2c(n1)[C@@]1(c3ccc(F)cc3)CC(=CO)C(=O)[C@@H](C)[C@@H]1CC2. The van der Waals surface area contributed by atoms with Crippen LogP contribution in [0.5, 0.6) is 0 Å². The highest BCUT2D eigenvalue weighted by molar-refractivity contribution is 5.98. The molecule has 3 aromatic rings. The van der Waals surface area contributed by atoms with Gasteiger partial charge in [-0.3, -0.25) is 4.79 Å². The molecule has 0 bridgehead atoms. The normalized spacial score (nSPS) is 26.0. The summed E-state index contributed by atoms with van der Waals surface area (Å²) in [6, 6.07) is 6.44. The lowest BCUT2D eigenvalue weighted by atomic mass is 9.52. The first-order valence-corrected chi connectivity index (χ1v) is 10.7. The third-order valence-electron chi connectivity index (χ3n) is 7.03. The van der Waals surface area contributed by atoms with E-state index in [1.165, 1.54) is 18.5 Å². The fourth-order valence-electron chi connectivity index (χ4n) is 5.65. The minimum atomic E-state index is -0.679. The highest BCUT2D eigenvalue weighted by Crippen LogP contribution is 2.56. The smallest absolute Gasteiger partial charge is 0.165 e. The molecule has 7 heteroatoms. The number of Topliss-reactive ketones (excluding diaryl/α,β-unsaturated/α-hetero) is 1. The summed E-state index contributed by atoms with van der Waals surface area (Å²) in [5, 5.41) is 9.92. The number of allylic oxidation sites excluding steroid dienone is 1. The van der Waals surface area contributed by atoms with Crippen molar-refractivity contribution in [2.45, 2.75) is 38.5 Å². The Labute approximate surface area is 185 Å². The van der Waals surface area contributed by atoms with Crippen molar-refractivity contribution in [2.75, 3.05) is 0 Å². The Bertz CT molecular complexity index is 1230. The maximum Gasteiger partial charge on any atom is 0.165 e. The highest BCUT2D eigenvalue weighted by atomic mass is 19.1. The van der Waals surface area contributed by atoms with Crippen molar-refractivity contribution in [3.8, 4) is 11.3 Å². The van der Waals surface area contributed by atoms with Crippen LogP contribution >= 0.6 is 0 Å². The van der Waals surface area contributed by atoms with Crippen LogP contribution in [0.4, 0.5) is 4.39 Å². The van der Waals surface area contributed by atoms with Crippen molar-refractivity contribution in [3.63, 3.8) is 0 Å². The molecule has 0 unspecified atom stereocenters. The fourth-order valence-corrected chi connectivity index (χ4v) is 5.65. The zero-order valence-corrected chi connectivity index (χ0v) is 17.9. The van der Waals surface area contributed by atoms with Crippen LogP contribution in [0.15, 0.2) is 54.8 Å². The van der Waals surface area contributed by atoms with Crippen LogP contribution in [0.3, 0.4) is 0 Å². The lowest BCUT2D eigenvalue weighted by Crippen LogP contribution is -2.51. The topological polar surface area (TPSA) is 88.9 Å². The molecule has 0 saturated heterocycles. The number of rotatable bonds is 2. The maximum absolute atomic E-state index is 13.9. The van der Waals surface area contributed by atoms with E-state index in [1.54, 1.807) is 24.5 Å². The summed E-state index contributed by atoms with van der Waals surface area (Å²) in [5.74, 6) is -0.105. The van der Waals surface area contributed by atoms with Gasteiger partial charge in [0.1, 0.15) is 18.0 Å². The summed E-state index contributed by atoms with van der Waals surface area (Å²) in [4.78, 5) is 30.9. The van der Waals surface area contributed by atoms with Gasteiger partial charge in [-0.05, 0) is 49.8 Å². The van der Waals surface area contributed by atoms with E-state index in [4.69, 9.17) is 9.97 Å². The second kappa shape index (κ2) is 7.58. The van der Waals surface area contributed by atoms with Gasteiger partial charge in [-0.2, -0.15) is 0 Å². The van der Waals surface area contributed by atoms with Crippen LogP contribution in [0, 0.1) is 24.6 Å². The highest BCUT2D eigenvalue weighted by Gasteiger charge is 2.55. The average molecular weight is 430 g/mol. The third kappa shape index (κ3) is 2.95. The number of hydrogen-bond acceptors (Lipinski definition) is 6. The zero-order valence-electron chi connectivity index (χ0n) is 17.9. The summed E-state index contributed by atoms with van der Waals surface area (Å²) < 4.78 is 13.9. The van der Waals surface area contributed by atoms with Crippen LogP contribution in [0.25, 0.3) is 11.3 Å². The van der Waals surface area contributed by atoms with Gasteiger partial charge in [0.15, 0.2) is 5.78 Å². The van der Waals surface area contributed by atoms with E-state index in [2.05, 4.69) is 9.97 Å². The summed E-state index contributed by atoms with van der Waals surface area (Å²) in [5.41, 5.74) is 3.99. The number of carbonyl (C=O) groups is 1. The van der Waals surface area contributed by atoms with Gasteiger partial charge in [0, 0.05) is 40.4 Å². The van der Waals surface area contributed by atoms with Gasteiger partial charge < -0.3 is 5.11 Å². The molecule has 2 heterocycles. The van der Waals surface area contributed by atoms with Crippen molar-refractivity contribution < 1.29 is 14.3 Å². The third-order valence-corrected chi connectivity index (χ3v) is 7.03. The largest absolute Gasteiger partial charge is 0.515 e. The number of aliphatic hydroxyl groups is 1. The fraction of sp³-hybridized carbons (Fsp3) is 0.320. The molecule has 1 aromatic carbocycles. The number of aryl methyl sites for hydroxylation is 1. The van der Waals surface area contributed by atoms with E-state index >= 15 is 0 Å². The number of aliphatic hydroxyl groups excluding tert-OH is 1. The van der Waals surface area contributed by atoms with E-state index in [0.717, 1.165) is 40.8 Å². The van der Waals surface area contributed by atoms with Gasteiger partial charge in [0.2, 0.25) is 0 Å². The molecule has 0 amide bonds. The molecule has 1 saturated carbocycles. The van der Waals surface area contributed by atoms with Crippen LogP contribution < -0.4 is 0 Å². The molecule has 162 valence electrons. The molecular formula is C25H23FN4O2. The second-order valence-electron chi connectivity index (χ2n) is 8.68. The molecule has 0 aliphatic heterocycles. The number of hydrogen-bond donors (Lipinski definition) is 1. The van der Waals surface area contributed by atoms with Gasteiger partial charge in [-0.1, -0.05) is 19.1 Å². The van der Waals surface area contributed by atoms with Gasteiger partial charge >= 0.3 is 0 Å². The van der Waals surface area contributed by atoms with Gasteiger partial charge in [0.25, 0.3) is 0 Å². The van der Waals surface area contributed by atoms with E-state index in [0.29, 0.717) is 24.2 Å². The summed E-state index contributed by atoms with van der Waals surface area (Å²) in [6.07, 6.45) is 7.64. The summed E-state index contributed by atoms with van der Waals surface area (Å²) >= 11 is 0. The maximum atomic E-state index is 13.9. The first kappa shape index (κ1) is 20.4. The van der Waals surface area contributed by atoms with Crippen LogP contribution in [-0.4, -0.2) is 30.8 Å². The van der Waals surface area contributed by atoms with Crippen molar-refractivity contribution in [1.29, 1.82) is 0 Å². The number of benzene rings is 1. The van der Waals surface area contributed by atoms with Crippen LogP contribution in [-0.2, 0) is 16.6 Å². The molecule has 32 heavy (non-hydrogen) atoms. The standard InChI is InChI=1S/C25H23FN4O2/c1-14-21-8-7-20-22(17-10-27-13-28-11-17)29-15(2)30-24(20)25(21,9-16(12-31)23(14)32)18-3-5-19(26)6-4-18/h3-6,10-14,21,31H,7-9H2,1-2H3/t14-,21-,25+/m0/s1. The van der Waals surface area contributed by atoms with Crippen molar-refractivity contribution in [2.24, 2.45) is 11.8 Å². The van der Waals surface area contributed by atoms with E-state index < -0.39 is 5.41 Å². The molecular weight excluding hydrogens is 407 g/mol. The van der Waals surface area contributed by atoms with E-state index in [9.17, 15) is 14.3 Å². The molecule has 1 N–H and O–H groups in total. The summed E-state index contributed by atoms with van der Waals surface area (Å²) in [7, 11) is 0. The average Bonchev–Trinajstić information content (AvgIpc) is 2.81. The zero-order chi connectivity index (χ0) is 22.5. The monoisotopic (exact) mass is 430 g/mol. The van der Waals surface area contributed by atoms with Crippen molar-refractivity contribution >= 4 is 5.78 Å². The second-order valence-corrected chi connectivity index (χ2v) is 8.68. The number of halogens is 1. The summed E-state index contributed by atoms with van der Waals surface area (Å²) in [6.45, 7) is 3.76. The lowest BCUT2D eigenvalue weighted by Gasteiger charge is -2.51. The predicted molar refractivity (Wildman–Crippen MR) is 116 cm³/mol. The van der Waals surface area contributed by atoms with Gasteiger partial charge in [0.05, 0.1) is 17.6 Å². The number of fused-ring (bicyclic) bond motifs is 3. The Hall–Kier alpha value is -3.48. The molecule has 0 spiro atoms. The van der Waals surface area contributed by atoms with Crippen LogP contribution in [0.2, 0.25) is 0 Å². The minimum absolute atomic E-state index is 0.0363. The first-order valence-electron chi connectivity index (χ1n) is 10.7. The van der Waals surface area contributed by atoms with Gasteiger partial charge in [-0.25, -0.2) is 24.3 Å². The lowest BCUT2D eigenvalue weighted by molar-refractivity contribution is -0.123. The molecule has 6 nitrogen and oxygen atoms in total. The van der Waals surface area contributed by atoms with E-state index in [-0.39, 0.29) is 23.4 Å². The quantitative estimate of drug-likeness (QED) is 0.482. The Morgan fingerprint density at radius 1 is 1.16 bits per heavy atom. The molecule has 2 aliphatic carbocycles. The Balaban J connectivity index is 1.83. The molecule has 2 aliphatic rings.